The van der Waals surface area contributed by atoms with Crippen molar-refractivity contribution in [3.63, 3.8) is 0 Å². The van der Waals surface area contributed by atoms with Crippen molar-refractivity contribution in [1.82, 2.24) is 0 Å². The highest BCUT2D eigenvalue weighted by Gasteiger charge is 2.25. The van der Waals surface area contributed by atoms with Gasteiger partial charge in [0.25, 0.3) is 0 Å². The highest BCUT2D eigenvalue weighted by Crippen LogP contribution is 2.44. The van der Waals surface area contributed by atoms with Gasteiger partial charge in [-0.25, -0.2) is 0 Å². The van der Waals surface area contributed by atoms with E-state index in [0.29, 0.717) is 0 Å². The molecule has 0 aromatic heterocycles. The topological polar surface area (TPSA) is 111 Å². The summed E-state index contributed by atoms with van der Waals surface area (Å²) in [5, 5.41) is 28.8. The smallest absolute Gasteiger partial charge is 0.258 e. The van der Waals surface area contributed by atoms with Gasteiger partial charge >= 0.3 is 11.4 Å². The molecule has 0 atom stereocenters. The zero-order valence-corrected chi connectivity index (χ0v) is 14.3. The van der Waals surface area contributed by atoms with Gasteiger partial charge in [-0.15, -0.1) is 10.2 Å². The van der Waals surface area contributed by atoms with Gasteiger partial charge < -0.3 is 0 Å². The largest absolute Gasteiger partial charge is 0.316 e. The standard InChI is InChI=1S/C12H4Cl4N4O4/c13-5-1-3-7(15)11(19(21)22)9(5)17-18-10-6(14)2-4-8(16)12(10)20(23)24/h1-4H. The second kappa shape index (κ2) is 7.27. The third kappa shape index (κ3) is 3.57. The number of rotatable bonds is 4. The van der Waals surface area contributed by atoms with Crippen LogP contribution in [0.3, 0.4) is 0 Å². The second-order valence-electron chi connectivity index (χ2n) is 4.17. The zero-order valence-electron chi connectivity index (χ0n) is 11.2. The van der Waals surface area contributed by atoms with Crippen molar-refractivity contribution in [1.29, 1.82) is 0 Å². The Hall–Kier alpha value is -2.00. The Morgan fingerprint density at radius 1 is 0.667 bits per heavy atom. The van der Waals surface area contributed by atoms with Crippen LogP contribution in [0.15, 0.2) is 34.5 Å². The Labute approximate surface area is 153 Å². The quantitative estimate of drug-likeness (QED) is 0.324. The molecule has 0 aliphatic heterocycles. The first-order valence-electron chi connectivity index (χ1n) is 5.90. The zero-order chi connectivity index (χ0) is 18.0. The van der Waals surface area contributed by atoms with Gasteiger partial charge in [-0.1, -0.05) is 46.4 Å². The molecule has 2 aromatic carbocycles. The summed E-state index contributed by atoms with van der Waals surface area (Å²) in [4.78, 5) is 20.6. The van der Waals surface area contributed by atoms with Crippen LogP contribution in [0.25, 0.3) is 0 Å². The summed E-state index contributed by atoms with van der Waals surface area (Å²) >= 11 is 23.3. The number of hydrogen-bond acceptors (Lipinski definition) is 6. The van der Waals surface area contributed by atoms with E-state index < -0.39 is 21.2 Å². The highest BCUT2D eigenvalue weighted by molar-refractivity contribution is 6.37. The van der Waals surface area contributed by atoms with Crippen LogP contribution in [0, 0.1) is 20.2 Å². The molecule has 0 radical (unpaired) electrons. The van der Waals surface area contributed by atoms with Crippen molar-refractivity contribution in [2.45, 2.75) is 0 Å². The molecule has 0 saturated heterocycles. The van der Waals surface area contributed by atoms with E-state index in [1.54, 1.807) is 0 Å². The molecule has 0 N–H and O–H groups in total. The molecule has 12 heteroatoms. The molecule has 2 aromatic rings. The minimum absolute atomic E-state index is 0.115. The molecule has 0 amide bonds. The van der Waals surface area contributed by atoms with E-state index in [1.165, 1.54) is 24.3 Å². The fraction of sp³-hybridized carbons (Fsp3) is 0. The third-order valence-electron chi connectivity index (χ3n) is 2.72. The second-order valence-corrected chi connectivity index (χ2v) is 5.80. The van der Waals surface area contributed by atoms with E-state index in [4.69, 9.17) is 46.4 Å². The lowest BCUT2D eigenvalue weighted by Crippen LogP contribution is -1.91. The molecule has 0 aliphatic carbocycles. The summed E-state index contributed by atoms with van der Waals surface area (Å²) in [5.74, 6) is 0. The van der Waals surface area contributed by atoms with Crippen LogP contribution in [-0.4, -0.2) is 9.85 Å². The van der Waals surface area contributed by atoms with E-state index in [9.17, 15) is 20.2 Å². The summed E-state index contributed by atoms with van der Waals surface area (Å²) in [6.07, 6.45) is 0. The van der Waals surface area contributed by atoms with Crippen molar-refractivity contribution in [2.24, 2.45) is 10.2 Å². The highest BCUT2D eigenvalue weighted by atomic mass is 35.5. The Bertz CT molecular complexity index is 816. The molecule has 0 fully saturated rings. The average Bonchev–Trinajstić information content (AvgIpc) is 2.50. The van der Waals surface area contributed by atoms with Crippen LogP contribution in [0.1, 0.15) is 0 Å². The number of nitrogens with zero attached hydrogens (tertiary/aromatic N) is 4. The van der Waals surface area contributed by atoms with Crippen LogP contribution in [0.2, 0.25) is 20.1 Å². The summed E-state index contributed by atoms with van der Waals surface area (Å²) < 4.78 is 0. The molecule has 2 rings (SSSR count). The minimum atomic E-state index is -0.795. The normalized spacial score (nSPS) is 11.0. The lowest BCUT2D eigenvalue weighted by atomic mass is 10.2. The first-order valence-corrected chi connectivity index (χ1v) is 7.41. The van der Waals surface area contributed by atoms with E-state index in [1.807, 2.05) is 0 Å². The van der Waals surface area contributed by atoms with Gasteiger partial charge in [0.1, 0.15) is 10.0 Å². The Kier molecular flexibility index (Phi) is 5.55. The van der Waals surface area contributed by atoms with Crippen molar-refractivity contribution in [2.75, 3.05) is 0 Å². The Balaban J connectivity index is 2.67. The summed E-state index contributed by atoms with van der Waals surface area (Å²) in [6.45, 7) is 0. The number of hydrogen-bond donors (Lipinski definition) is 0. The molecule has 0 unspecified atom stereocenters. The summed E-state index contributed by atoms with van der Waals surface area (Å²) in [7, 11) is 0. The van der Waals surface area contributed by atoms with Crippen LogP contribution in [0.5, 0.6) is 0 Å². The Morgan fingerprint density at radius 3 is 1.25 bits per heavy atom. The maximum absolute atomic E-state index is 11.1. The van der Waals surface area contributed by atoms with Gasteiger partial charge in [0.05, 0.1) is 19.9 Å². The molecule has 0 bridgehead atoms. The maximum Gasteiger partial charge on any atom is 0.316 e. The van der Waals surface area contributed by atoms with Gasteiger partial charge in [-0.3, -0.25) is 20.2 Å². The number of halogens is 4. The Morgan fingerprint density at radius 2 is 0.958 bits per heavy atom. The molecule has 8 nitrogen and oxygen atoms in total. The average molecular weight is 410 g/mol. The van der Waals surface area contributed by atoms with E-state index in [-0.39, 0.29) is 31.5 Å². The summed E-state index contributed by atoms with van der Waals surface area (Å²) in [6, 6.07) is 4.99. The predicted molar refractivity (Wildman–Crippen MR) is 90.4 cm³/mol. The minimum Gasteiger partial charge on any atom is -0.258 e. The molecule has 0 aliphatic rings. The van der Waals surface area contributed by atoms with Gasteiger partial charge in [0.2, 0.25) is 0 Å². The monoisotopic (exact) mass is 408 g/mol. The fourth-order valence-corrected chi connectivity index (χ4v) is 2.52. The van der Waals surface area contributed by atoms with Gasteiger partial charge in [0, 0.05) is 0 Å². The van der Waals surface area contributed by atoms with Gasteiger partial charge in [-0.05, 0) is 24.3 Å². The van der Waals surface area contributed by atoms with E-state index in [2.05, 4.69) is 10.2 Å². The molecule has 124 valence electrons. The van der Waals surface area contributed by atoms with E-state index in [0.717, 1.165) is 0 Å². The lowest BCUT2D eigenvalue weighted by molar-refractivity contribution is -0.384. The van der Waals surface area contributed by atoms with Crippen LogP contribution in [0.4, 0.5) is 22.7 Å². The van der Waals surface area contributed by atoms with Crippen molar-refractivity contribution >= 4 is 69.2 Å². The van der Waals surface area contributed by atoms with Crippen LogP contribution in [-0.2, 0) is 0 Å². The lowest BCUT2D eigenvalue weighted by Gasteiger charge is -2.03. The summed E-state index contributed by atoms with van der Waals surface area (Å²) in [5.41, 5.74) is -1.90. The number of azo groups is 1. The molecular weight excluding hydrogens is 406 g/mol. The molecule has 0 heterocycles. The van der Waals surface area contributed by atoms with Crippen molar-refractivity contribution in [3.8, 4) is 0 Å². The molecule has 0 spiro atoms. The number of nitro benzene ring substituents is 2. The molecule has 24 heavy (non-hydrogen) atoms. The van der Waals surface area contributed by atoms with E-state index >= 15 is 0 Å². The molecular formula is C12H4Cl4N4O4. The number of nitro groups is 2. The fourth-order valence-electron chi connectivity index (χ4n) is 1.70. The first kappa shape index (κ1) is 18.3. The van der Waals surface area contributed by atoms with Crippen LogP contribution < -0.4 is 0 Å². The SMILES string of the molecule is O=[N+]([O-])c1c(Cl)ccc(Cl)c1N=Nc1c(Cl)ccc(Cl)c1[N+](=O)[O-]. The first-order chi connectivity index (χ1) is 11.2. The van der Waals surface area contributed by atoms with Gasteiger partial charge in [-0.2, -0.15) is 0 Å². The van der Waals surface area contributed by atoms with Crippen LogP contribution >= 0.6 is 46.4 Å². The maximum atomic E-state index is 11.1. The predicted octanol–water partition coefficient (Wildman–Crippen LogP) is 6.53. The van der Waals surface area contributed by atoms with Gasteiger partial charge in [0.15, 0.2) is 11.4 Å². The third-order valence-corrected chi connectivity index (χ3v) is 3.94. The number of benzene rings is 2. The van der Waals surface area contributed by atoms with Crippen molar-refractivity contribution in [3.05, 3.63) is 64.6 Å². The van der Waals surface area contributed by atoms with Crippen molar-refractivity contribution < 1.29 is 9.85 Å². The molecule has 0 saturated carbocycles.